The van der Waals surface area contributed by atoms with Crippen LogP contribution in [-0.2, 0) is 9.59 Å². The van der Waals surface area contributed by atoms with Crippen molar-refractivity contribution in [1.29, 1.82) is 0 Å². The number of benzene rings is 1. The summed E-state index contributed by atoms with van der Waals surface area (Å²) in [6, 6.07) is 5.58. The van der Waals surface area contributed by atoms with Crippen molar-refractivity contribution in [2.45, 2.75) is 0 Å². The molecule has 3 rings (SSSR count). The van der Waals surface area contributed by atoms with Gasteiger partial charge >= 0.3 is 0 Å². The van der Waals surface area contributed by atoms with Crippen LogP contribution >= 0.6 is 39.1 Å². The number of aromatic amines is 1. The number of carbonyl (C=O) groups excluding carboxylic acids is 2. The molecule has 0 radical (unpaired) electrons. The third kappa shape index (κ3) is 1.95. The Hall–Kier alpha value is -1.36. The number of fused-ring (bicyclic) bond motifs is 1. The summed E-state index contributed by atoms with van der Waals surface area (Å²) in [5.74, 6) is -0.916. The van der Waals surface area contributed by atoms with Gasteiger partial charge in [-0.3, -0.25) is 9.59 Å². The van der Waals surface area contributed by atoms with Crippen molar-refractivity contribution in [3.05, 3.63) is 50.6 Å². The van der Waals surface area contributed by atoms with Gasteiger partial charge in [0.25, 0.3) is 0 Å². The highest BCUT2D eigenvalue weighted by Gasteiger charge is 2.29. The highest BCUT2D eigenvalue weighted by molar-refractivity contribution is 9.10. The number of allylic oxidation sites excluding steroid dienone is 4. The fourth-order valence-electron chi connectivity index (χ4n) is 2.16. The second-order valence-corrected chi connectivity index (χ2v) is 5.88. The van der Waals surface area contributed by atoms with Crippen LogP contribution in [0.4, 0.5) is 0 Å². The van der Waals surface area contributed by atoms with Crippen molar-refractivity contribution in [2.24, 2.45) is 0 Å². The Labute approximate surface area is 132 Å². The first-order chi connectivity index (χ1) is 9.50. The number of halogens is 3. The molecule has 0 fully saturated rings. The summed E-state index contributed by atoms with van der Waals surface area (Å²) in [5.41, 5.74) is 1.52. The highest BCUT2D eigenvalue weighted by atomic mass is 79.9. The van der Waals surface area contributed by atoms with Gasteiger partial charge in [-0.05, 0) is 12.1 Å². The van der Waals surface area contributed by atoms with E-state index in [1.54, 1.807) is 6.20 Å². The molecule has 20 heavy (non-hydrogen) atoms. The van der Waals surface area contributed by atoms with E-state index in [4.69, 9.17) is 23.2 Å². The maximum absolute atomic E-state index is 12.2. The lowest BCUT2D eigenvalue weighted by molar-refractivity contribution is -0.113. The van der Waals surface area contributed by atoms with Crippen molar-refractivity contribution < 1.29 is 9.59 Å². The average Bonchev–Trinajstić information content (AvgIpc) is 2.82. The molecule has 100 valence electrons. The largest absolute Gasteiger partial charge is 0.361 e. The Bertz CT molecular complexity index is 833. The number of Topliss-reactive ketones (excluding diaryl/α,β-unsaturated/α-hetero) is 1. The monoisotopic (exact) mass is 369 g/mol. The second kappa shape index (κ2) is 4.88. The van der Waals surface area contributed by atoms with Crippen molar-refractivity contribution in [2.75, 3.05) is 0 Å². The van der Waals surface area contributed by atoms with E-state index in [2.05, 4.69) is 20.9 Å². The lowest BCUT2D eigenvalue weighted by Gasteiger charge is -2.12. The Morgan fingerprint density at radius 3 is 2.65 bits per heavy atom. The molecule has 1 N–H and O–H groups in total. The standard InChI is InChI=1S/C14H6BrCl2NO2/c15-7-2-1-3-9-11(7)6(5-18-9)12-13(17)10(19)4-8(16)14(12)20/h1-5,18H. The van der Waals surface area contributed by atoms with Crippen LogP contribution in [0.15, 0.2) is 45.0 Å². The summed E-state index contributed by atoms with van der Waals surface area (Å²) < 4.78 is 0.800. The number of hydrogen-bond donors (Lipinski definition) is 1. The summed E-state index contributed by atoms with van der Waals surface area (Å²) in [7, 11) is 0. The van der Waals surface area contributed by atoms with Crippen molar-refractivity contribution >= 4 is 67.2 Å². The third-order valence-electron chi connectivity index (χ3n) is 3.06. The normalized spacial score (nSPS) is 16.1. The lowest BCUT2D eigenvalue weighted by Crippen LogP contribution is -2.13. The molecule has 1 aromatic carbocycles. The molecule has 0 bridgehead atoms. The summed E-state index contributed by atoms with van der Waals surface area (Å²) >= 11 is 15.3. The summed E-state index contributed by atoms with van der Waals surface area (Å²) in [5, 5.41) is 0.542. The predicted octanol–water partition coefficient (Wildman–Crippen LogP) is 4.15. The molecule has 0 saturated carbocycles. The zero-order valence-corrected chi connectivity index (χ0v) is 12.9. The van der Waals surface area contributed by atoms with Gasteiger partial charge < -0.3 is 4.98 Å². The van der Waals surface area contributed by atoms with Crippen molar-refractivity contribution in [1.82, 2.24) is 4.98 Å². The molecular weight excluding hydrogens is 365 g/mol. The van der Waals surface area contributed by atoms with Gasteiger partial charge in [-0.2, -0.15) is 0 Å². The molecule has 6 heteroatoms. The van der Waals surface area contributed by atoms with Crippen LogP contribution in [0.2, 0.25) is 0 Å². The SMILES string of the molecule is O=C1C=C(Cl)C(=O)C(c2c[nH]c3cccc(Br)c23)=C1Cl. The number of aromatic nitrogens is 1. The van der Waals surface area contributed by atoms with Gasteiger partial charge in [-0.15, -0.1) is 0 Å². The lowest BCUT2D eigenvalue weighted by atomic mass is 9.95. The molecule has 0 aliphatic heterocycles. The van der Waals surface area contributed by atoms with E-state index < -0.39 is 11.6 Å². The molecule has 2 aromatic rings. The number of ketones is 2. The third-order valence-corrected chi connectivity index (χ3v) is 4.38. The molecule has 0 saturated heterocycles. The first-order valence-corrected chi connectivity index (χ1v) is 7.17. The molecule has 1 aliphatic rings. The van der Waals surface area contributed by atoms with E-state index in [1.165, 1.54) is 0 Å². The predicted molar refractivity (Wildman–Crippen MR) is 82.7 cm³/mol. The van der Waals surface area contributed by atoms with Crippen molar-refractivity contribution in [3.8, 4) is 0 Å². The minimum absolute atomic E-state index is 0.115. The van der Waals surface area contributed by atoms with Crippen LogP contribution in [-0.4, -0.2) is 16.6 Å². The van der Waals surface area contributed by atoms with E-state index in [9.17, 15) is 9.59 Å². The Balaban J connectivity index is 2.33. The van der Waals surface area contributed by atoms with Crippen LogP contribution < -0.4 is 0 Å². The first-order valence-electron chi connectivity index (χ1n) is 5.62. The summed E-state index contributed by atoms with van der Waals surface area (Å²) in [6.45, 7) is 0. The van der Waals surface area contributed by atoms with Crippen LogP contribution in [0, 0.1) is 0 Å². The quantitative estimate of drug-likeness (QED) is 0.766. The van der Waals surface area contributed by atoms with Gasteiger partial charge in [0, 0.05) is 33.2 Å². The molecule has 0 amide bonds. The van der Waals surface area contributed by atoms with E-state index in [1.807, 2.05) is 18.2 Å². The molecule has 0 spiro atoms. The highest BCUT2D eigenvalue weighted by Crippen LogP contribution is 2.37. The maximum atomic E-state index is 12.2. The Morgan fingerprint density at radius 1 is 1.15 bits per heavy atom. The average molecular weight is 371 g/mol. The number of nitrogens with one attached hydrogen (secondary N) is 1. The van der Waals surface area contributed by atoms with Gasteiger partial charge in [-0.1, -0.05) is 45.2 Å². The zero-order chi connectivity index (χ0) is 14.4. The van der Waals surface area contributed by atoms with E-state index in [-0.39, 0.29) is 15.6 Å². The Kier molecular flexibility index (Phi) is 3.32. The van der Waals surface area contributed by atoms with Gasteiger partial charge in [-0.25, -0.2) is 0 Å². The fourth-order valence-corrected chi connectivity index (χ4v) is 3.18. The molecule has 1 aromatic heterocycles. The summed E-state index contributed by atoms with van der Waals surface area (Å²) in [4.78, 5) is 27.0. The van der Waals surface area contributed by atoms with Gasteiger partial charge in [0.1, 0.15) is 0 Å². The number of carbonyl (C=O) groups is 2. The minimum atomic E-state index is -0.465. The maximum Gasteiger partial charge on any atom is 0.206 e. The first kappa shape index (κ1) is 13.6. The summed E-state index contributed by atoms with van der Waals surface area (Å²) in [6.07, 6.45) is 2.69. The topological polar surface area (TPSA) is 49.9 Å². The second-order valence-electron chi connectivity index (χ2n) is 4.24. The molecule has 0 atom stereocenters. The molecule has 1 aliphatic carbocycles. The van der Waals surface area contributed by atoms with Gasteiger partial charge in [0.05, 0.1) is 15.6 Å². The molecule has 3 nitrogen and oxygen atoms in total. The Morgan fingerprint density at radius 2 is 1.90 bits per heavy atom. The minimum Gasteiger partial charge on any atom is -0.361 e. The molecular formula is C14H6BrCl2NO2. The van der Waals surface area contributed by atoms with Crippen LogP contribution in [0.25, 0.3) is 16.5 Å². The molecule has 1 heterocycles. The number of H-pyrrole nitrogens is 1. The van der Waals surface area contributed by atoms with Crippen LogP contribution in [0.5, 0.6) is 0 Å². The zero-order valence-electron chi connectivity index (χ0n) is 9.84. The van der Waals surface area contributed by atoms with E-state index in [0.29, 0.717) is 5.56 Å². The van der Waals surface area contributed by atoms with Gasteiger partial charge in [0.2, 0.25) is 5.78 Å². The van der Waals surface area contributed by atoms with Crippen LogP contribution in [0.3, 0.4) is 0 Å². The van der Waals surface area contributed by atoms with Gasteiger partial charge in [0.15, 0.2) is 5.78 Å². The fraction of sp³-hybridized carbons (Fsp3) is 0. The number of rotatable bonds is 1. The smallest absolute Gasteiger partial charge is 0.206 e. The molecule has 0 unspecified atom stereocenters. The van der Waals surface area contributed by atoms with E-state index >= 15 is 0 Å². The van der Waals surface area contributed by atoms with Crippen LogP contribution in [0.1, 0.15) is 5.56 Å². The number of hydrogen-bond acceptors (Lipinski definition) is 2. The van der Waals surface area contributed by atoms with Crippen molar-refractivity contribution in [3.63, 3.8) is 0 Å². The van der Waals surface area contributed by atoms with E-state index in [0.717, 1.165) is 21.5 Å².